The Hall–Kier alpha value is -4.00. The van der Waals surface area contributed by atoms with E-state index in [1.807, 2.05) is 30.3 Å². The van der Waals surface area contributed by atoms with E-state index in [0.717, 1.165) is 11.6 Å². The summed E-state index contributed by atoms with van der Waals surface area (Å²) in [5.74, 6) is -1.80. The van der Waals surface area contributed by atoms with Crippen molar-refractivity contribution < 1.29 is 14.3 Å². The summed E-state index contributed by atoms with van der Waals surface area (Å²) in [5.41, 5.74) is 0.840. The Bertz CT molecular complexity index is 1320. The normalized spacial score (nSPS) is 10.9. The Labute approximate surface area is 171 Å². The SMILES string of the molecule is Cc1ccc(F)cc1NC(=O)c1c(O)c2cccnc2n(Cc2ccccc2)c1=O. The molecule has 2 heterocycles. The van der Waals surface area contributed by atoms with Crippen molar-refractivity contribution in [1.82, 2.24) is 9.55 Å². The van der Waals surface area contributed by atoms with Crippen LogP contribution in [-0.2, 0) is 6.54 Å². The molecule has 2 aromatic heterocycles. The van der Waals surface area contributed by atoms with Gasteiger partial charge in [-0.15, -0.1) is 0 Å². The lowest BCUT2D eigenvalue weighted by Crippen LogP contribution is -2.30. The number of hydrogen-bond acceptors (Lipinski definition) is 4. The fraction of sp³-hybridized carbons (Fsp3) is 0.0870. The first-order valence-corrected chi connectivity index (χ1v) is 9.27. The highest BCUT2D eigenvalue weighted by atomic mass is 19.1. The number of aromatic hydroxyl groups is 1. The van der Waals surface area contributed by atoms with E-state index in [-0.39, 0.29) is 23.3 Å². The lowest BCUT2D eigenvalue weighted by Gasteiger charge is -2.15. The molecule has 4 rings (SSSR count). The predicted octanol–water partition coefficient (Wildman–Crippen LogP) is 3.85. The van der Waals surface area contributed by atoms with E-state index in [9.17, 15) is 19.1 Å². The number of nitrogens with zero attached hydrogens (tertiary/aromatic N) is 2. The molecule has 6 nitrogen and oxygen atoms in total. The van der Waals surface area contributed by atoms with Gasteiger partial charge in [0.1, 0.15) is 22.8 Å². The summed E-state index contributed by atoms with van der Waals surface area (Å²) in [7, 11) is 0. The van der Waals surface area contributed by atoms with Gasteiger partial charge in [0.05, 0.1) is 11.9 Å². The Morgan fingerprint density at radius 3 is 2.67 bits per heavy atom. The van der Waals surface area contributed by atoms with Crippen molar-refractivity contribution in [3.05, 3.63) is 99.7 Å². The van der Waals surface area contributed by atoms with Gasteiger partial charge in [0.2, 0.25) is 0 Å². The summed E-state index contributed by atoms with van der Waals surface area (Å²) in [5, 5.41) is 13.5. The first-order valence-electron chi connectivity index (χ1n) is 9.27. The molecule has 150 valence electrons. The maximum atomic E-state index is 13.6. The van der Waals surface area contributed by atoms with E-state index >= 15 is 0 Å². The van der Waals surface area contributed by atoms with Crippen molar-refractivity contribution >= 4 is 22.6 Å². The Kier molecular flexibility index (Phi) is 5.02. The zero-order valence-corrected chi connectivity index (χ0v) is 16.1. The molecular weight excluding hydrogens is 385 g/mol. The van der Waals surface area contributed by atoms with Gasteiger partial charge < -0.3 is 10.4 Å². The smallest absolute Gasteiger partial charge is 0.269 e. The molecular formula is C23H18FN3O3. The van der Waals surface area contributed by atoms with E-state index in [0.29, 0.717) is 5.56 Å². The van der Waals surface area contributed by atoms with Crippen molar-refractivity contribution in [1.29, 1.82) is 0 Å². The molecule has 0 aliphatic rings. The zero-order chi connectivity index (χ0) is 21.3. The van der Waals surface area contributed by atoms with E-state index in [1.165, 1.54) is 22.9 Å². The van der Waals surface area contributed by atoms with Crippen LogP contribution in [0.15, 0.2) is 71.7 Å². The molecule has 0 fully saturated rings. The van der Waals surface area contributed by atoms with Gasteiger partial charge in [0, 0.05) is 11.9 Å². The van der Waals surface area contributed by atoms with Crippen LogP contribution < -0.4 is 10.9 Å². The highest BCUT2D eigenvalue weighted by Gasteiger charge is 2.23. The monoisotopic (exact) mass is 403 g/mol. The molecule has 0 saturated carbocycles. The van der Waals surface area contributed by atoms with Crippen LogP contribution in [0, 0.1) is 12.7 Å². The van der Waals surface area contributed by atoms with Gasteiger partial charge in [-0.05, 0) is 42.3 Å². The molecule has 1 amide bonds. The molecule has 0 saturated heterocycles. The summed E-state index contributed by atoms with van der Waals surface area (Å²) in [6.07, 6.45) is 1.51. The maximum absolute atomic E-state index is 13.6. The molecule has 2 N–H and O–H groups in total. The number of amides is 1. The summed E-state index contributed by atoms with van der Waals surface area (Å²) in [4.78, 5) is 30.4. The van der Waals surface area contributed by atoms with Gasteiger partial charge in [-0.1, -0.05) is 36.4 Å². The minimum Gasteiger partial charge on any atom is -0.506 e. The standard InChI is InChI=1S/C23H18FN3O3/c1-14-9-10-16(24)12-18(14)26-22(29)19-20(28)17-8-5-11-25-21(17)27(23(19)30)13-15-6-3-2-4-7-15/h2-12,28H,13H2,1H3,(H,26,29). The lowest BCUT2D eigenvalue weighted by atomic mass is 10.1. The van der Waals surface area contributed by atoms with Crippen LogP contribution in [0.1, 0.15) is 21.5 Å². The molecule has 0 bridgehead atoms. The molecule has 0 unspecified atom stereocenters. The Morgan fingerprint density at radius 2 is 1.90 bits per heavy atom. The van der Waals surface area contributed by atoms with Crippen molar-refractivity contribution in [3.63, 3.8) is 0 Å². The first kappa shape index (κ1) is 19.3. The summed E-state index contributed by atoms with van der Waals surface area (Å²) < 4.78 is 14.9. The summed E-state index contributed by atoms with van der Waals surface area (Å²) >= 11 is 0. The van der Waals surface area contributed by atoms with Crippen LogP contribution in [0.2, 0.25) is 0 Å². The number of benzene rings is 2. The average molecular weight is 403 g/mol. The number of anilines is 1. The number of rotatable bonds is 4. The van der Waals surface area contributed by atoms with E-state index in [1.54, 1.807) is 19.1 Å². The van der Waals surface area contributed by atoms with Crippen LogP contribution in [0.4, 0.5) is 10.1 Å². The van der Waals surface area contributed by atoms with Gasteiger partial charge >= 0.3 is 0 Å². The summed E-state index contributed by atoms with van der Waals surface area (Å²) in [6, 6.07) is 16.4. The molecule has 4 aromatic rings. The number of carbonyl (C=O) groups excluding carboxylic acids is 1. The van der Waals surface area contributed by atoms with Crippen molar-refractivity contribution in [2.24, 2.45) is 0 Å². The fourth-order valence-corrected chi connectivity index (χ4v) is 3.30. The van der Waals surface area contributed by atoms with Crippen LogP contribution in [-0.4, -0.2) is 20.6 Å². The number of aromatic nitrogens is 2. The molecule has 0 spiro atoms. The van der Waals surface area contributed by atoms with Crippen molar-refractivity contribution in [2.75, 3.05) is 5.32 Å². The minimum atomic E-state index is -0.821. The number of fused-ring (bicyclic) bond motifs is 1. The second-order valence-electron chi connectivity index (χ2n) is 6.89. The molecule has 0 radical (unpaired) electrons. The molecule has 0 atom stereocenters. The molecule has 2 aromatic carbocycles. The highest BCUT2D eigenvalue weighted by Crippen LogP contribution is 2.26. The van der Waals surface area contributed by atoms with Crippen LogP contribution in [0.3, 0.4) is 0 Å². The Balaban J connectivity index is 1.86. The molecule has 7 heteroatoms. The van der Waals surface area contributed by atoms with Crippen molar-refractivity contribution in [3.8, 4) is 5.75 Å². The van der Waals surface area contributed by atoms with E-state index in [2.05, 4.69) is 10.3 Å². The van der Waals surface area contributed by atoms with Gasteiger partial charge in [0.25, 0.3) is 11.5 Å². The maximum Gasteiger partial charge on any atom is 0.269 e. The molecule has 0 aliphatic heterocycles. The third-order valence-electron chi connectivity index (χ3n) is 4.85. The second-order valence-corrected chi connectivity index (χ2v) is 6.89. The third kappa shape index (κ3) is 3.53. The van der Waals surface area contributed by atoms with Gasteiger partial charge in [0.15, 0.2) is 0 Å². The lowest BCUT2D eigenvalue weighted by molar-refractivity contribution is 0.102. The number of halogens is 1. The topological polar surface area (TPSA) is 84.2 Å². The van der Waals surface area contributed by atoms with E-state index in [4.69, 9.17) is 0 Å². The number of aryl methyl sites for hydroxylation is 1. The van der Waals surface area contributed by atoms with Crippen LogP contribution in [0.5, 0.6) is 5.75 Å². The number of nitrogens with one attached hydrogen (secondary N) is 1. The first-order chi connectivity index (χ1) is 14.5. The molecule has 30 heavy (non-hydrogen) atoms. The fourth-order valence-electron chi connectivity index (χ4n) is 3.30. The van der Waals surface area contributed by atoms with Crippen LogP contribution >= 0.6 is 0 Å². The van der Waals surface area contributed by atoms with Crippen LogP contribution in [0.25, 0.3) is 11.0 Å². The number of pyridine rings is 2. The van der Waals surface area contributed by atoms with E-state index < -0.39 is 28.6 Å². The quantitative estimate of drug-likeness (QED) is 0.542. The van der Waals surface area contributed by atoms with Gasteiger partial charge in [-0.2, -0.15) is 0 Å². The number of carbonyl (C=O) groups is 1. The molecule has 0 aliphatic carbocycles. The van der Waals surface area contributed by atoms with Crippen molar-refractivity contribution in [2.45, 2.75) is 13.5 Å². The van der Waals surface area contributed by atoms with Gasteiger partial charge in [-0.25, -0.2) is 9.37 Å². The summed E-state index contributed by atoms with van der Waals surface area (Å²) in [6.45, 7) is 1.87. The highest BCUT2D eigenvalue weighted by molar-refractivity contribution is 6.09. The predicted molar refractivity (Wildman–Crippen MR) is 112 cm³/mol. The minimum absolute atomic E-state index is 0.173. The zero-order valence-electron chi connectivity index (χ0n) is 16.1. The third-order valence-corrected chi connectivity index (χ3v) is 4.85. The Morgan fingerprint density at radius 1 is 1.13 bits per heavy atom. The largest absolute Gasteiger partial charge is 0.506 e. The second kappa shape index (κ2) is 7.79. The average Bonchev–Trinajstić information content (AvgIpc) is 2.74. The van der Waals surface area contributed by atoms with Gasteiger partial charge in [-0.3, -0.25) is 14.2 Å². The number of hydrogen-bond donors (Lipinski definition) is 2.